The van der Waals surface area contributed by atoms with Crippen LogP contribution in [0, 0.1) is 20.8 Å². The molecular formula is C21H26N4O3S. The molecule has 2 aromatic heterocycles. The van der Waals surface area contributed by atoms with Crippen LogP contribution >= 0.6 is 0 Å². The number of benzene rings is 1. The molecule has 1 aromatic carbocycles. The SMILES string of the molecule is CC(=N[S@+]([O-])C(C)(C)C)c1cc(C)cc2c(=O)n(C)c(-c3oc(C)nc3C)nc12. The summed E-state index contributed by atoms with van der Waals surface area (Å²) in [5.41, 5.74) is 3.15. The predicted molar refractivity (Wildman–Crippen MR) is 117 cm³/mol. The lowest BCUT2D eigenvalue weighted by Crippen LogP contribution is -2.27. The van der Waals surface area contributed by atoms with E-state index in [4.69, 9.17) is 9.40 Å². The van der Waals surface area contributed by atoms with E-state index in [-0.39, 0.29) is 5.56 Å². The quantitative estimate of drug-likeness (QED) is 0.480. The lowest BCUT2D eigenvalue weighted by Gasteiger charge is -2.19. The van der Waals surface area contributed by atoms with Gasteiger partial charge in [0.15, 0.2) is 17.5 Å². The fourth-order valence-corrected chi connectivity index (χ4v) is 3.67. The van der Waals surface area contributed by atoms with Crippen molar-refractivity contribution in [1.29, 1.82) is 0 Å². The van der Waals surface area contributed by atoms with Crippen LogP contribution in [0.5, 0.6) is 0 Å². The van der Waals surface area contributed by atoms with Crippen molar-refractivity contribution < 1.29 is 8.97 Å². The summed E-state index contributed by atoms with van der Waals surface area (Å²) in [4.78, 5) is 22.2. The summed E-state index contributed by atoms with van der Waals surface area (Å²) in [6.45, 7) is 12.9. The Kier molecular flexibility index (Phi) is 5.44. The molecule has 0 radical (unpaired) electrons. The molecule has 0 fully saturated rings. The topological polar surface area (TPSA) is 96.3 Å². The van der Waals surface area contributed by atoms with Gasteiger partial charge in [0.05, 0.1) is 22.3 Å². The zero-order chi connectivity index (χ0) is 21.7. The summed E-state index contributed by atoms with van der Waals surface area (Å²) in [6, 6.07) is 3.72. The van der Waals surface area contributed by atoms with E-state index in [0.717, 1.165) is 5.56 Å². The van der Waals surface area contributed by atoms with Gasteiger partial charge < -0.3 is 8.97 Å². The number of hydrogen-bond donors (Lipinski definition) is 0. The molecule has 0 spiro atoms. The number of aryl methyl sites for hydroxylation is 3. The molecule has 7 nitrogen and oxygen atoms in total. The maximum atomic E-state index is 13.1. The van der Waals surface area contributed by atoms with Crippen molar-refractivity contribution in [2.45, 2.75) is 53.2 Å². The van der Waals surface area contributed by atoms with Crippen molar-refractivity contribution in [3.63, 3.8) is 0 Å². The molecular weight excluding hydrogens is 388 g/mol. The number of fused-ring (bicyclic) bond motifs is 1. The second kappa shape index (κ2) is 7.42. The molecule has 2 heterocycles. The van der Waals surface area contributed by atoms with E-state index in [1.807, 2.05) is 46.8 Å². The predicted octanol–water partition coefficient (Wildman–Crippen LogP) is 3.78. The van der Waals surface area contributed by atoms with Gasteiger partial charge in [0.2, 0.25) is 0 Å². The molecule has 0 saturated carbocycles. The Hall–Kier alpha value is -2.45. The molecule has 0 amide bonds. The minimum atomic E-state index is -1.42. The first-order valence-corrected chi connectivity index (χ1v) is 10.4. The highest BCUT2D eigenvalue weighted by Crippen LogP contribution is 2.26. The highest BCUT2D eigenvalue weighted by Gasteiger charge is 2.27. The number of nitrogens with zero attached hydrogens (tertiary/aromatic N) is 4. The smallest absolute Gasteiger partial charge is 0.261 e. The van der Waals surface area contributed by atoms with Crippen LogP contribution in [-0.2, 0) is 18.4 Å². The maximum Gasteiger partial charge on any atom is 0.261 e. The summed E-state index contributed by atoms with van der Waals surface area (Å²) in [5, 5.41) is 0.483. The van der Waals surface area contributed by atoms with E-state index in [1.54, 1.807) is 20.9 Å². The number of hydrogen-bond acceptors (Lipinski definition) is 6. The van der Waals surface area contributed by atoms with Crippen LogP contribution in [0.1, 0.15) is 50.4 Å². The fourth-order valence-electron chi connectivity index (χ4n) is 3.05. The van der Waals surface area contributed by atoms with Crippen LogP contribution in [0.15, 0.2) is 25.7 Å². The van der Waals surface area contributed by atoms with Gasteiger partial charge in [-0.2, -0.15) is 0 Å². The Morgan fingerprint density at radius 2 is 1.86 bits per heavy atom. The minimum absolute atomic E-state index is 0.187. The zero-order valence-electron chi connectivity index (χ0n) is 18.1. The highest BCUT2D eigenvalue weighted by atomic mass is 32.2. The van der Waals surface area contributed by atoms with Gasteiger partial charge >= 0.3 is 0 Å². The average molecular weight is 415 g/mol. The molecule has 8 heteroatoms. The Balaban J connectivity index is 2.34. The third-order valence-electron chi connectivity index (χ3n) is 4.56. The van der Waals surface area contributed by atoms with Crippen molar-refractivity contribution in [3.05, 3.63) is 45.2 Å². The number of oxazole rings is 1. The molecule has 0 saturated heterocycles. The van der Waals surface area contributed by atoms with Gasteiger partial charge in [-0.15, -0.1) is 0 Å². The second-order valence-corrected chi connectivity index (χ2v) is 10.1. The van der Waals surface area contributed by atoms with Crippen molar-refractivity contribution in [1.82, 2.24) is 14.5 Å². The van der Waals surface area contributed by atoms with Gasteiger partial charge in [0, 0.05) is 19.5 Å². The Morgan fingerprint density at radius 1 is 1.21 bits per heavy atom. The Labute approximate surface area is 173 Å². The van der Waals surface area contributed by atoms with Crippen LogP contribution in [-0.4, -0.2) is 29.5 Å². The van der Waals surface area contributed by atoms with E-state index in [9.17, 15) is 9.35 Å². The maximum absolute atomic E-state index is 13.1. The lowest BCUT2D eigenvalue weighted by atomic mass is 10.0. The molecule has 154 valence electrons. The highest BCUT2D eigenvalue weighted by molar-refractivity contribution is 7.91. The van der Waals surface area contributed by atoms with Crippen LogP contribution in [0.4, 0.5) is 0 Å². The van der Waals surface area contributed by atoms with Gasteiger partial charge in [0.25, 0.3) is 5.56 Å². The minimum Gasteiger partial charge on any atom is -0.591 e. The molecule has 3 rings (SSSR count). The van der Waals surface area contributed by atoms with E-state index in [0.29, 0.717) is 45.3 Å². The van der Waals surface area contributed by atoms with Crippen molar-refractivity contribution in [2.75, 3.05) is 0 Å². The van der Waals surface area contributed by atoms with Crippen LogP contribution in [0.2, 0.25) is 0 Å². The van der Waals surface area contributed by atoms with Crippen molar-refractivity contribution in [2.24, 2.45) is 11.4 Å². The van der Waals surface area contributed by atoms with Crippen molar-refractivity contribution in [3.8, 4) is 11.6 Å². The average Bonchev–Trinajstić information content (AvgIpc) is 2.95. The number of aromatic nitrogens is 3. The molecule has 0 aliphatic rings. The molecule has 0 bridgehead atoms. The zero-order valence-corrected chi connectivity index (χ0v) is 18.9. The van der Waals surface area contributed by atoms with E-state index >= 15 is 0 Å². The lowest BCUT2D eigenvalue weighted by molar-refractivity contribution is 0.526. The summed E-state index contributed by atoms with van der Waals surface area (Å²) < 4.78 is 23.6. The molecule has 0 aliphatic heterocycles. The third kappa shape index (κ3) is 4.00. The van der Waals surface area contributed by atoms with Gasteiger partial charge in [-0.05, 0) is 59.2 Å². The van der Waals surface area contributed by atoms with Gasteiger partial charge in [-0.25, -0.2) is 9.97 Å². The first-order chi connectivity index (χ1) is 13.4. The summed E-state index contributed by atoms with van der Waals surface area (Å²) in [7, 11) is 1.67. The van der Waals surface area contributed by atoms with Crippen LogP contribution < -0.4 is 5.56 Å². The first kappa shape index (κ1) is 21.3. The van der Waals surface area contributed by atoms with E-state index in [1.165, 1.54) is 4.57 Å². The molecule has 0 N–H and O–H groups in total. The summed E-state index contributed by atoms with van der Waals surface area (Å²) in [5.74, 6) is 1.37. The number of rotatable bonds is 3. The van der Waals surface area contributed by atoms with Gasteiger partial charge in [-0.3, -0.25) is 9.36 Å². The van der Waals surface area contributed by atoms with E-state index in [2.05, 4.69) is 9.38 Å². The molecule has 3 aromatic rings. The molecule has 1 atom stereocenters. The fraction of sp³-hybridized carbons (Fsp3) is 0.429. The standard InChI is InChI=1S/C21H26N4O3S/c1-11-9-15(12(2)24-29(27)21(5,6)7)17-16(10-11)20(26)25(8)19(23-17)18-13(3)22-14(4)28-18/h9-10H,1-8H3/t29-/m1/s1. The summed E-state index contributed by atoms with van der Waals surface area (Å²) in [6.07, 6.45) is 0. The molecule has 29 heavy (non-hydrogen) atoms. The summed E-state index contributed by atoms with van der Waals surface area (Å²) >= 11 is -1.42. The Morgan fingerprint density at radius 3 is 2.41 bits per heavy atom. The van der Waals surface area contributed by atoms with Crippen molar-refractivity contribution >= 4 is 28.0 Å². The van der Waals surface area contributed by atoms with E-state index < -0.39 is 16.1 Å². The Bertz CT molecular complexity index is 1190. The van der Waals surface area contributed by atoms with Gasteiger partial charge in [0.1, 0.15) is 16.1 Å². The van der Waals surface area contributed by atoms with Gasteiger partial charge in [-0.1, -0.05) is 4.40 Å². The van der Waals surface area contributed by atoms with Crippen LogP contribution in [0.3, 0.4) is 0 Å². The van der Waals surface area contributed by atoms with Crippen LogP contribution in [0.25, 0.3) is 22.5 Å². The first-order valence-electron chi connectivity index (χ1n) is 9.33. The largest absolute Gasteiger partial charge is 0.591 e. The monoisotopic (exact) mass is 414 g/mol. The normalized spacial score (nSPS) is 13.9. The molecule has 0 unspecified atom stereocenters. The third-order valence-corrected chi connectivity index (χ3v) is 6.05. The molecule has 0 aliphatic carbocycles. The second-order valence-electron chi connectivity index (χ2n) is 8.19.